The van der Waals surface area contributed by atoms with E-state index in [0.29, 0.717) is 6.04 Å². The average Bonchev–Trinajstić information content (AvgIpc) is 2.88. The molecular formula is C15H21BrN2O. The predicted molar refractivity (Wildman–Crippen MR) is 81.3 cm³/mol. The normalized spacial score (nSPS) is 18.8. The van der Waals surface area contributed by atoms with E-state index in [2.05, 4.69) is 35.1 Å². The lowest BCUT2D eigenvalue weighted by atomic mass is 10.1. The number of carbonyl (C=O) groups is 1. The van der Waals surface area contributed by atoms with Gasteiger partial charge in [-0.05, 0) is 61.3 Å². The molecule has 3 nitrogen and oxygen atoms in total. The second kappa shape index (κ2) is 6.53. The number of nitrogens with zero attached hydrogens (tertiary/aromatic N) is 1. The third kappa shape index (κ3) is 3.57. The lowest BCUT2D eigenvalue weighted by Gasteiger charge is -2.30. The molecule has 104 valence electrons. The molecule has 2 rings (SSSR count). The molecule has 1 aliphatic heterocycles. The summed E-state index contributed by atoms with van der Waals surface area (Å²) in [4.78, 5) is 14.6. The van der Waals surface area contributed by atoms with Crippen molar-refractivity contribution in [3.8, 4) is 0 Å². The lowest BCUT2D eigenvalue weighted by Crippen LogP contribution is -2.44. The van der Waals surface area contributed by atoms with E-state index in [1.54, 1.807) is 0 Å². The van der Waals surface area contributed by atoms with Crippen LogP contribution < -0.4 is 5.32 Å². The molecule has 4 heteroatoms. The standard InChI is InChI=1S/C15H21BrN2O/c1-11(2)18(10-12-6-5-9-17-12)15(19)13-7-3-4-8-14(13)16/h3-4,7-8,11-12,17H,5-6,9-10H2,1-2H3. The molecule has 1 amide bonds. The zero-order valence-electron chi connectivity index (χ0n) is 11.5. The fourth-order valence-corrected chi connectivity index (χ4v) is 2.92. The largest absolute Gasteiger partial charge is 0.335 e. The molecule has 0 aromatic heterocycles. The van der Waals surface area contributed by atoms with E-state index < -0.39 is 0 Å². The Hall–Kier alpha value is -0.870. The van der Waals surface area contributed by atoms with Crippen LogP contribution in [0.4, 0.5) is 0 Å². The van der Waals surface area contributed by atoms with Gasteiger partial charge >= 0.3 is 0 Å². The van der Waals surface area contributed by atoms with Crippen LogP contribution in [0.1, 0.15) is 37.0 Å². The molecule has 0 saturated carbocycles. The van der Waals surface area contributed by atoms with Crippen LogP contribution in [0, 0.1) is 0 Å². The van der Waals surface area contributed by atoms with Crippen molar-refractivity contribution < 1.29 is 4.79 Å². The smallest absolute Gasteiger partial charge is 0.255 e. The summed E-state index contributed by atoms with van der Waals surface area (Å²) in [6.07, 6.45) is 2.37. The first-order chi connectivity index (χ1) is 9.09. The fourth-order valence-electron chi connectivity index (χ4n) is 2.47. The van der Waals surface area contributed by atoms with Crippen LogP contribution in [0.15, 0.2) is 28.7 Å². The quantitative estimate of drug-likeness (QED) is 0.923. The SMILES string of the molecule is CC(C)N(CC1CCCN1)C(=O)c1ccccc1Br. The average molecular weight is 325 g/mol. The number of amides is 1. The zero-order chi connectivity index (χ0) is 13.8. The van der Waals surface area contributed by atoms with Crippen LogP contribution in [-0.4, -0.2) is 36.0 Å². The maximum absolute atomic E-state index is 12.7. The molecule has 0 spiro atoms. The Morgan fingerprint density at radius 1 is 1.47 bits per heavy atom. The minimum Gasteiger partial charge on any atom is -0.335 e. The molecule has 1 heterocycles. The van der Waals surface area contributed by atoms with E-state index in [4.69, 9.17) is 0 Å². The van der Waals surface area contributed by atoms with Crippen LogP contribution in [-0.2, 0) is 0 Å². The number of halogens is 1. The van der Waals surface area contributed by atoms with E-state index >= 15 is 0 Å². The molecule has 0 radical (unpaired) electrons. The highest BCUT2D eigenvalue weighted by atomic mass is 79.9. The molecule has 1 unspecified atom stereocenters. The van der Waals surface area contributed by atoms with Crippen molar-refractivity contribution in [2.45, 2.75) is 38.8 Å². The van der Waals surface area contributed by atoms with Crippen LogP contribution in [0.3, 0.4) is 0 Å². The van der Waals surface area contributed by atoms with Crippen molar-refractivity contribution in [3.05, 3.63) is 34.3 Å². The van der Waals surface area contributed by atoms with Gasteiger partial charge in [-0.25, -0.2) is 0 Å². The highest BCUT2D eigenvalue weighted by Gasteiger charge is 2.25. The Labute approximate surface area is 123 Å². The molecule has 0 bridgehead atoms. The predicted octanol–water partition coefficient (Wildman–Crippen LogP) is 3.05. The van der Waals surface area contributed by atoms with Gasteiger partial charge in [-0.2, -0.15) is 0 Å². The molecular weight excluding hydrogens is 304 g/mol. The van der Waals surface area contributed by atoms with Gasteiger partial charge in [0.15, 0.2) is 0 Å². The summed E-state index contributed by atoms with van der Waals surface area (Å²) in [7, 11) is 0. The summed E-state index contributed by atoms with van der Waals surface area (Å²) in [5.74, 6) is 0.108. The number of benzene rings is 1. The van der Waals surface area contributed by atoms with Crippen LogP contribution >= 0.6 is 15.9 Å². The topological polar surface area (TPSA) is 32.3 Å². The van der Waals surface area contributed by atoms with E-state index in [9.17, 15) is 4.79 Å². The van der Waals surface area contributed by atoms with Gasteiger partial charge in [0.1, 0.15) is 0 Å². The minimum atomic E-state index is 0.108. The van der Waals surface area contributed by atoms with E-state index in [1.807, 2.05) is 29.2 Å². The van der Waals surface area contributed by atoms with Crippen molar-refractivity contribution in [2.75, 3.05) is 13.1 Å². The van der Waals surface area contributed by atoms with Gasteiger partial charge in [0, 0.05) is 23.1 Å². The van der Waals surface area contributed by atoms with Gasteiger partial charge in [-0.15, -0.1) is 0 Å². The third-order valence-electron chi connectivity index (χ3n) is 3.57. The molecule has 1 atom stereocenters. The Balaban J connectivity index is 2.14. The third-order valence-corrected chi connectivity index (χ3v) is 4.26. The molecule has 1 aliphatic rings. The second-order valence-electron chi connectivity index (χ2n) is 5.32. The summed E-state index contributed by atoms with van der Waals surface area (Å²) >= 11 is 3.46. The van der Waals surface area contributed by atoms with Gasteiger partial charge in [-0.3, -0.25) is 4.79 Å². The summed E-state index contributed by atoms with van der Waals surface area (Å²) in [6.45, 7) is 6.01. The van der Waals surface area contributed by atoms with Crippen molar-refractivity contribution in [1.29, 1.82) is 0 Å². The van der Waals surface area contributed by atoms with E-state index in [0.717, 1.165) is 29.5 Å². The monoisotopic (exact) mass is 324 g/mol. The first-order valence-corrected chi connectivity index (χ1v) is 7.67. The number of rotatable bonds is 4. The van der Waals surface area contributed by atoms with Crippen LogP contribution in [0.5, 0.6) is 0 Å². The molecule has 1 aromatic rings. The summed E-state index contributed by atoms with van der Waals surface area (Å²) in [5.41, 5.74) is 0.745. The van der Waals surface area contributed by atoms with Gasteiger partial charge < -0.3 is 10.2 Å². The van der Waals surface area contributed by atoms with Crippen molar-refractivity contribution in [1.82, 2.24) is 10.2 Å². The highest BCUT2D eigenvalue weighted by Crippen LogP contribution is 2.20. The molecule has 0 aliphatic carbocycles. The minimum absolute atomic E-state index is 0.108. The van der Waals surface area contributed by atoms with Gasteiger partial charge in [0.25, 0.3) is 5.91 Å². The maximum atomic E-state index is 12.7. The van der Waals surface area contributed by atoms with E-state index in [1.165, 1.54) is 6.42 Å². The summed E-state index contributed by atoms with van der Waals surface area (Å²) < 4.78 is 0.866. The van der Waals surface area contributed by atoms with Crippen molar-refractivity contribution in [3.63, 3.8) is 0 Å². The Bertz CT molecular complexity index is 442. The Morgan fingerprint density at radius 3 is 2.79 bits per heavy atom. The van der Waals surface area contributed by atoms with Crippen LogP contribution in [0.2, 0.25) is 0 Å². The van der Waals surface area contributed by atoms with Gasteiger partial charge in [-0.1, -0.05) is 12.1 Å². The lowest BCUT2D eigenvalue weighted by molar-refractivity contribution is 0.0688. The molecule has 1 fully saturated rings. The molecule has 19 heavy (non-hydrogen) atoms. The first-order valence-electron chi connectivity index (χ1n) is 6.88. The molecule has 1 N–H and O–H groups in total. The summed E-state index contributed by atoms with van der Waals surface area (Å²) in [5, 5.41) is 3.46. The number of nitrogens with one attached hydrogen (secondary N) is 1. The van der Waals surface area contributed by atoms with Crippen LogP contribution in [0.25, 0.3) is 0 Å². The van der Waals surface area contributed by atoms with Crippen molar-refractivity contribution >= 4 is 21.8 Å². The van der Waals surface area contributed by atoms with E-state index in [-0.39, 0.29) is 11.9 Å². The molecule has 1 aromatic carbocycles. The summed E-state index contributed by atoms with van der Waals surface area (Å²) in [6, 6.07) is 8.28. The number of hydrogen-bond acceptors (Lipinski definition) is 2. The van der Waals surface area contributed by atoms with Gasteiger partial charge in [0.05, 0.1) is 5.56 Å². The van der Waals surface area contributed by atoms with Crippen molar-refractivity contribution in [2.24, 2.45) is 0 Å². The number of carbonyl (C=O) groups excluding carboxylic acids is 1. The highest BCUT2D eigenvalue weighted by molar-refractivity contribution is 9.10. The Morgan fingerprint density at radius 2 is 2.21 bits per heavy atom. The zero-order valence-corrected chi connectivity index (χ0v) is 13.1. The number of hydrogen-bond donors (Lipinski definition) is 1. The fraction of sp³-hybridized carbons (Fsp3) is 0.533. The Kier molecular flexibility index (Phi) is 4.99. The van der Waals surface area contributed by atoms with Gasteiger partial charge in [0.2, 0.25) is 0 Å². The maximum Gasteiger partial charge on any atom is 0.255 e. The first kappa shape index (κ1) is 14.5. The molecule has 1 saturated heterocycles. The second-order valence-corrected chi connectivity index (χ2v) is 6.18.